The number of methoxy groups -OCH3 is 1. The first-order valence-corrected chi connectivity index (χ1v) is 8.40. The maximum Gasteiger partial charge on any atom is 0.236 e. The fourth-order valence-corrected chi connectivity index (χ4v) is 3.00. The normalized spacial score (nSPS) is 17.3. The van der Waals surface area contributed by atoms with Crippen LogP contribution >= 0.6 is 11.6 Å². The summed E-state index contributed by atoms with van der Waals surface area (Å²) < 4.78 is 4.94. The van der Waals surface area contributed by atoms with Gasteiger partial charge in [0.2, 0.25) is 5.91 Å². The molecule has 1 aliphatic heterocycles. The van der Waals surface area contributed by atoms with Crippen LogP contribution in [0.1, 0.15) is 24.5 Å². The second kappa shape index (κ2) is 9.23. The summed E-state index contributed by atoms with van der Waals surface area (Å²) in [6.45, 7) is 3.00. The number of aliphatic hydroxyl groups is 1. The predicted molar refractivity (Wildman–Crippen MR) is 90.5 cm³/mol. The van der Waals surface area contributed by atoms with Crippen LogP contribution in [0.15, 0.2) is 24.3 Å². The highest BCUT2D eigenvalue weighted by Gasteiger charge is 2.28. The minimum Gasteiger partial charge on any atom is -0.388 e. The molecule has 0 aromatic heterocycles. The van der Waals surface area contributed by atoms with Crippen molar-refractivity contribution in [3.63, 3.8) is 0 Å². The van der Waals surface area contributed by atoms with Crippen molar-refractivity contribution in [2.75, 3.05) is 39.9 Å². The Labute approximate surface area is 142 Å². The van der Waals surface area contributed by atoms with Gasteiger partial charge in [0, 0.05) is 31.8 Å². The fraction of sp³-hybridized carbons (Fsp3) is 0.588. The Morgan fingerprint density at radius 3 is 2.65 bits per heavy atom. The zero-order chi connectivity index (χ0) is 16.7. The molecule has 0 bridgehead atoms. The molecule has 0 radical (unpaired) electrons. The largest absolute Gasteiger partial charge is 0.388 e. The monoisotopic (exact) mass is 340 g/mol. The molecule has 1 atom stereocenters. The average Bonchev–Trinajstić information content (AvgIpc) is 2.59. The van der Waals surface area contributed by atoms with Crippen molar-refractivity contribution in [1.82, 2.24) is 10.2 Å². The van der Waals surface area contributed by atoms with Crippen LogP contribution in [0, 0.1) is 5.92 Å². The summed E-state index contributed by atoms with van der Waals surface area (Å²) in [5, 5.41) is 14.2. The lowest BCUT2D eigenvalue weighted by molar-refractivity contribution is -0.132. The van der Waals surface area contributed by atoms with E-state index in [1.165, 1.54) is 0 Å². The van der Waals surface area contributed by atoms with Crippen molar-refractivity contribution in [2.45, 2.75) is 18.9 Å². The Morgan fingerprint density at radius 2 is 2.04 bits per heavy atom. The molecule has 1 unspecified atom stereocenters. The van der Waals surface area contributed by atoms with Crippen LogP contribution in [-0.2, 0) is 9.53 Å². The predicted octanol–water partition coefficient (Wildman–Crippen LogP) is 1.85. The van der Waals surface area contributed by atoms with Crippen LogP contribution in [-0.4, -0.2) is 55.8 Å². The molecule has 1 aliphatic rings. The lowest BCUT2D eigenvalue weighted by Crippen LogP contribution is -2.44. The van der Waals surface area contributed by atoms with Crippen molar-refractivity contribution in [2.24, 2.45) is 5.92 Å². The molecule has 1 amide bonds. The quantitative estimate of drug-likeness (QED) is 0.744. The fourth-order valence-electron chi connectivity index (χ4n) is 2.88. The van der Waals surface area contributed by atoms with Crippen molar-refractivity contribution in [3.05, 3.63) is 34.9 Å². The van der Waals surface area contributed by atoms with E-state index in [0.29, 0.717) is 37.8 Å². The van der Waals surface area contributed by atoms with Crippen LogP contribution in [0.2, 0.25) is 5.02 Å². The lowest BCUT2D eigenvalue weighted by Gasteiger charge is -2.34. The van der Waals surface area contributed by atoms with Gasteiger partial charge in [-0.3, -0.25) is 4.79 Å². The van der Waals surface area contributed by atoms with E-state index in [2.05, 4.69) is 5.32 Å². The molecule has 2 rings (SSSR count). The average molecular weight is 341 g/mol. The summed E-state index contributed by atoms with van der Waals surface area (Å²) in [4.78, 5) is 14.0. The van der Waals surface area contributed by atoms with E-state index in [0.717, 1.165) is 18.4 Å². The number of aliphatic hydroxyl groups excluding tert-OH is 1. The van der Waals surface area contributed by atoms with E-state index in [1.54, 1.807) is 19.2 Å². The Kier molecular flexibility index (Phi) is 7.30. The molecular weight excluding hydrogens is 316 g/mol. The van der Waals surface area contributed by atoms with Crippen LogP contribution < -0.4 is 5.32 Å². The Hall–Kier alpha value is -1.14. The van der Waals surface area contributed by atoms with Gasteiger partial charge in [-0.05, 0) is 36.5 Å². The third-order valence-corrected chi connectivity index (χ3v) is 4.56. The molecule has 0 saturated carbocycles. The maximum atomic E-state index is 12.1. The minimum absolute atomic E-state index is 0.112. The smallest absolute Gasteiger partial charge is 0.236 e. The molecule has 6 heteroatoms. The number of likely N-dealkylation sites (tertiary alicyclic amines) is 1. The van der Waals surface area contributed by atoms with E-state index in [-0.39, 0.29) is 11.8 Å². The number of carbonyl (C=O) groups is 1. The third kappa shape index (κ3) is 5.46. The SMILES string of the molecule is COCCNCC(=O)N1CCC(C(O)c2ccc(Cl)cc2)CC1. The highest BCUT2D eigenvalue weighted by Crippen LogP contribution is 2.31. The standard InChI is InChI=1S/C17H25ClN2O3/c1-23-11-8-19-12-16(21)20-9-6-14(7-10-20)17(22)13-2-4-15(18)5-3-13/h2-5,14,17,19,22H,6-12H2,1H3. The number of hydrogen-bond acceptors (Lipinski definition) is 4. The Bertz CT molecular complexity index is 487. The maximum absolute atomic E-state index is 12.1. The molecule has 23 heavy (non-hydrogen) atoms. The molecule has 1 aromatic carbocycles. The van der Waals surface area contributed by atoms with Crippen LogP contribution in [0.4, 0.5) is 0 Å². The van der Waals surface area contributed by atoms with Crippen molar-refractivity contribution in [3.8, 4) is 0 Å². The first-order chi connectivity index (χ1) is 11.1. The van der Waals surface area contributed by atoms with Gasteiger partial charge >= 0.3 is 0 Å². The number of ether oxygens (including phenoxy) is 1. The van der Waals surface area contributed by atoms with Gasteiger partial charge < -0.3 is 20.1 Å². The number of piperidine rings is 1. The Morgan fingerprint density at radius 1 is 1.39 bits per heavy atom. The van der Waals surface area contributed by atoms with Gasteiger partial charge in [0.15, 0.2) is 0 Å². The first kappa shape index (κ1) is 18.2. The first-order valence-electron chi connectivity index (χ1n) is 8.02. The highest BCUT2D eigenvalue weighted by molar-refractivity contribution is 6.30. The van der Waals surface area contributed by atoms with Gasteiger partial charge in [-0.1, -0.05) is 23.7 Å². The molecule has 5 nitrogen and oxygen atoms in total. The number of carbonyl (C=O) groups excluding carboxylic acids is 1. The number of nitrogens with zero attached hydrogens (tertiary/aromatic N) is 1. The number of hydrogen-bond donors (Lipinski definition) is 2. The molecule has 2 N–H and O–H groups in total. The van der Waals surface area contributed by atoms with Gasteiger partial charge in [0.1, 0.15) is 0 Å². The molecule has 0 spiro atoms. The molecule has 1 heterocycles. The molecule has 1 saturated heterocycles. The zero-order valence-corrected chi connectivity index (χ0v) is 14.3. The third-order valence-electron chi connectivity index (χ3n) is 4.31. The number of nitrogens with one attached hydrogen (secondary N) is 1. The topological polar surface area (TPSA) is 61.8 Å². The summed E-state index contributed by atoms with van der Waals surface area (Å²) in [5.41, 5.74) is 0.889. The number of benzene rings is 1. The van der Waals surface area contributed by atoms with Gasteiger partial charge in [-0.2, -0.15) is 0 Å². The molecule has 1 aromatic rings. The van der Waals surface area contributed by atoms with Crippen LogP contribution in [0.3, 0.4) is 0 Å². The lowest BCUT2D eigenvalue weighted by atomic mass is 9.87. The van der Waals surface area contributed by atoms with Crippen LogP contribution in [0.5, 0.6) is 0 Å². The van der Waals surface area contributed by atoms with Gasteiger partial charge in [-0.15, -0.1) is 0 Å². The van der Waals surface area contributed by atoms with Gasteiger partial charge in [-0.25, -0.2) is 0 Å². The van der Waals surface area contributed by atoms with Gasteiger partial charge in [0.05, 0.1) is 19.3 Å². The highest BCUT2D eigenvalue weighted by atomic mass is 35.5. The number of amides is 1. The molecule has 0 aliphatic carbocycles. The molecular formula is C17H25ClN2O3. The van der Waals surface area contributed by atoms with E-state index in [9.17, 15) is 9.90 Å². The zero-order valence-electron chi connectivity index (χ0n) is 13.5. The molecule has 1 fully saturated rings. The van der Waals surface area contributed by atoms with E-state index in [1.807, 2.05) is 17.0 Å². The number of rotatable bonds is 7. The van der Waals surface area contributed by atoms with Crippen molar-refractivity contribution >= 4 is 17.5 Å². The second-order valence-electron chi connectivity index (χ2n) is 5.88. The Balaban J connectivity index is 1.76. The number of halogens is 1. The minimum atomic E-state index is -0.496. The summed E-state index contributed by atoms with van der Waals surface area (Å²) >= 11 is 5.88. The summed E-state index contributed by atoms with van der Waals surface area (Å²) in [6.07, 6.45) is 1.13. The summed E-state index contributed by atoms with van der Waals surface area (Å²) in [6, 6.07) is 7.32. The van der Waals surface area contributed by atoms with Crippen molar-refractivity contribution < 1.29 is 14.6 Å². The van der Waals surface area contributed by atoms with Gasteiger partial charge in [0.25, 0.3) is 0 Å². The van der Waals surface area contributed by atoms with E-state index >= 15 is 0 Å². The summed E-state index contributed by atoms with van der Waals surface area (Å²) in [7, 11) is 1.64. The van der Waals surface area contributed by atoms with E-state index < -0.39 is 6.10 Å². The van der Waals surface area contributed by atoms with Crippen LogP contribution in [0.25, 0.3) is 0 Å². The van der Waals surface area contributed by atoms with Crippen molar-refractivity contribution in [1.29, 1.82) is 0 Å². The summed E-state index contributed by atoms with van der Waals surface area (Å²) in [5.74, 6) is 0.294. The molecule has 128 valence electrons. The van der Waals surface area contributed by atoms with E-state index in [4.69, 9.17) is 16.3 Å². The second-order valence-corrected chi connectivity index (χ2v) is 6.32.